The molecule has 2 aliphatic heterocycles. The number of nitrogens with zero attached hydrogens (tertiary/aromatic N) is 2. The molecule has 0 saturated heterocycles. The van der Waals surface area contributed by atoms with E-state index in [9.17, 15) is 0 Å². The van der Waals surface area contributed by atoms with E-state index in [1.165, 1.54) is 105 Å². The van der Waals surface area contributed by atoms with Crippen molar-refractivity contribution in [3.8, 4) is 33.4 Å². The maximum atomic E-state index is 2.54. The third-order valence-electron chi connectivity index (χ3n) is 14.7. The van der Waals surface area contributed by atoms with E-state index in [0.717, 1.165) is 11.4 Å². The molecule has 0 amide bonds. The van der Waals surface area contributed by atoms with Crippen LogP contribution in [-0.2, 0) is 5.41 Å². The van der Waals surface area contributed by atoms with Crippen molar-refractivity contribution in [2.24, 2.45) is 0 Å². The van der Waals surface area contributed by atoms with Crippen molar-refractivity contribution >= 4 is 78.8 Å². The second kappa shape index (κ2) is 15.9. The van der Waals surface area contributed by atoms with Crippen LogP contribution >= 0.6 is 0 Å². The number of fused-ring (bicyclic) bond motifs is 6. The molecule has 68 heavy (non-hydrogen) atoms. The monoisotopic (exact) mass is 866 g/mol. The lowest BCUT2D eigenvalue weighted by Crippen LogP contribution is -2.61. The first-order chi connectivity index (χ1) is 33.5. The highest BCUT2D eigenvalue weighted by Gasteiger charge is 2.44. The maximum Gasteiger partial charge on any atom is 0.252 e. The molecule has 13 rings (SSSR count). The molecule has 0 radical (unpaired) electrons. The molecule has 0 aromatic heterocycles. The molecule has 0 atom stereocenters. The third kappa shape index (κ3) is 6.27. The van der Waals surface area contributed by atoms with E-state index in [0.29, 0.717) is 0 Å². The summed E-state index contributed by atoms with van der Waals surface area (Å²) in [6.45, 7) is 4.72. The molecule has 2 heterocycles. The molecule has 2 aliphatic rings. The second-order valence-corrected chi connectivity index (χ2v) is 18.8. The maximum absolute atomic E-state index is 2.54. The van der Waals surface area contributed by atoms with Crippen molar-refractivity contribution in [2.45, 2.75) is 19.3 Å². The van der Waals surface area contributed by atoms with E-state index in [2.05, 4.69) is 272 Å². The van der Waals surface area contributed by atoms with Gasteiger partial charge in [-0.1, -0.05) is 208 Å². The van der Waals surface area contributed by atoms with Gasteiger partial charge in [-0.3, -0.25) is 0 Å². The molecule has 0 saturated carbocycles. The van der Waals surface area contributed by atoms with Crippen molar-refractivity contribution in [2.75, 3.05) is 9.80 Å². The summed E-state index contributed by atoms with van der Waals surface area (Å²) in [6.07, 6.45) is 0. The first-order valence-corrected chi connectivity index (χ1v) is 23.8. The number of anilines is 6. The van der Waals surface area contributed by atoms with Gasteiger partial charge >= 0.3 is 0 Å². The van der Waals surface area contributed by atoms with E-state index in [4.69, 9.17) is 0 Å². The van der Waals surface area contributed by atoms with Crippen LogP contribution in [0.4, 0.5) is 34.1 Å². The Morgan fingerprint density at radius 2 is 0.765 bits per heavy atom. The van der Waals surface area contributed by atoms with Crippen LogP contribution in [0.3, 0.4) is 0 Å². The summed E-state index contributed by atoms with van der Waals surface area (Å²) in [4.78, 5) is 5.05. The minimum atomic E-state index is -0.228. The van der Waals surface area contributed by atoms with Crippen LogP contribution in [0.2, 0.25) is 0 Å². The summed E-state index contributed by atoms with van der Waals surface area (Å²) >= 11 is 0. The normalized spacial score (nSPS) is 12.8. The Morgan fingerprint density at radius 1 is 0.309 bits per heavy atom. The lowest BCUT2D eigenvalue weighted by molar-refractivity contribution is 0.641. The smallest absolute Gasteiger partial charge is 0.252 e. The molecule has 320 valence electrons. The fourth-order valence-electron chi connectivity index (χ4n) is 11.4. The molecule has 0 unspecified atom stereocenters. The molecule has 11 aromatic carbocycles. The molecule has 0 N–H and O–H groups in total. The van der Waals surface area contributed by atoms with Crippen LogP contribution in [0.15, 0.2) is 249 Å². The Bertz CT molecular complexity index is 3660. The summed E-state index contributed by atoms with van der Waals surface area (Å²) in [6, 6.07) is 92.2. The summed E-state index contributed by atoms with van der Waals surface area (Å²) in [5.74, 6) is 0. The molecule has 3 heteroatoms. The predicted molar refractivity (Wildman–Crippen MR) is 290 cm³/mol. The second-order valence-electron chi connectivity index (χ2n) is 18.8. The predicted octanol–water partition coefficient (Wildman–Crippen LogP) is 15.4. The van der Waals surface area contributed by atoms with E-state index in [1.54, 1.807) is 0 Å². The van der Waals surface area contributed by atoms with Crippen molar-refractivity contribution in [3.63, 3.8) is 0 Å². The van der Waals surface area contributed by atoms with Crippen LogP contribution in [0.1, 0.15) is 25.0 Å². The van der Waals surface area contributed by atoms with Crippen molar-refractivity contribution in [1.82, 2.24) is 0 Å². The minimum Gasteiger partial charge on any atom is -0.311 e. The van der Waals surface area contributed by atoms with Gasteiger partial charge < -0.3 is 9.80 Å². The summed E-state index contributed by atoms with van der Waals surface area (Å²) < 4.78 is 0. The SMILES string of the molecule is CC(C)(c1ccccc1)c1ccc2c(c1)N(c1ccccc1)c1cc(-c3cccc(-c4c5ccccc5c(-c5ccccc5)c5ccccc45)c3)cc3c1B2c1ccccc1N3c1ccccc1. The molecule has 0 aliphatic carbocycles. The molecular weight excluding hydrogens is 820 g/mol. The van der Waals surface area contributed by atoms with Crippen LogP contribution < -0.4 is 26.2 Å². The number of rotatable bonds is 7. The van der Waals surface area contributed by atoms with E-state index < -0.39 is 0 Å². The Balaban J connectivity index is 1.08. The van der Waals surface area contributed by atoms with Crippen LogP contribution in [0.25, 0.3) is 54.9 Å². The standard InChI is InChI=1S/C65H47BN2/c1-65(2,48-26-9-4-10-27-48)49-38-39-57-59(43-49)68(51-30-13-6-14-31-51)61-42-47(41-60-64(61)66(57)56-36-19-20-37-58(56)67(60)50-28-11-5-12-29-50)45-24-21-25-46(40-45)63-54-34-17-15-32-52(54)62(44-22-7-3-8-23-44)53-33-16-18-35-55(53)63/h3-43H,1-2H3. The highest BCUT2D eigenvalue weighted by atomic mass is 15.2. The zero-order valence-corrected chi connectivity index (χ0v) is 38.1. The first-order valence-electron chi connectivity index (χ1n) is 23.8. The molecular formula is C65H47BN2. The van der Waals surface area contributed by atoms with E-state index >= 15 is 0 Å². The van der Waals surface area contributed by atoms with Crippen LogP contribution in [0, 0.1) is 0 Å². The zero-order chi connectivity index (χ0) is 45.3. The summed E-state index contributed by atoms with van der Waals surface area (Å²) in [5, 5.41) is 5.01. The van der Waals surface area contributed by atoms with Crippen molar-refractivity contribution in [1.29, 1.82) is 0 Å². The first kappa shape index (κ1) is 39.9. The van der Waals surface area contributed by atoms with Gasteiger partial charge in [0.05, 0.1) is 0 Å². The van der Waals surface area contributed by atoms with E-state index in [-0.39, 0.29) is 12.1 Å². The minimum absolute atomic E-state index is 0.0151. The number of para-hydroxylation sites is 3. The van der Waals surface area contributed by atoms with Gasteiger partial charge in [-0.2, -0.15) is 0 Å². The summed E-state index contributed by atoms with van der Waals surface area (Å²) in [5.41, 5.74) is 20.7. The highest BCUT2D eigenvalue weighted by molar-refractivity contribution is 7.00. The van der Waals surface area contributed by atoms with Gasteiger partial charge in [0.25, 0.3) is 6.71 Å². The highest BCUT2D eigenvalue weighted by Crippen LogP contribution is 2.49. The average molecular weight is 867 g/mol. The molecule has 0 bridgehead atoms. The van der Waals surface area contributed by atoms with Gasteiger partial charge in [-0.15, -0.1) is 0 Å². The Hall–Kier alpha value is -8.40. The van der Waals surface area contributed by atoms with E-state index in [1.807, 2.05) is 0 Å². The largest absolute Gasteiger partial charge is 0.311 e. The van der Waals surface area contributed by atoms with Gasteiger partial charge in [0.1, 0.15) is 0 Å². The number of hydrogen-bond donors (Lipinski definition) is 0. The molecule has 11 aromatic rings. The van der Waals surface area contributed by atoms with Gasteiger partial charge in [-0.25, -0.2) is 0 Å². The number of benzene rings is 11. The molecule has 0 fully saturated rings. The van der Waals surface area contributed by atoms with Crippen molar-refractivity contribution in [3.05, 3.63) is 260 Å². The Labute approximate surface area is 399 Å². The van der Waals surface area contributed by atoms with Gasteiger partial charge in [0.15, 0.2) is 0 Å². The fourth-order valence-corrected chi connectivity index (χ4v) is 11.4. The topological polar surface area (TPSA) is 6.48 Å². The third-order valence-corrected chi connectivity index (χ3v) is 14.7. The lowest BCUT2D eigenvalue weighted by Gasteiger charge is -2.45. The quantitative estimate of drug-likeness (QED) is 0.116. The molecule has 2 nitrogen and oxygen atoms in total. The number of hydrogen-bond acceptors (Lipinski definition) is 2. The lowest BCUT2D eigenvalue weighted by atomic mass is 9.33. The molecule has 0 spiro atoms. The fraction of sp³-hybridized carbons (Fsp3) is 0.0462. The Morgan fingerprint density at radius 3 is 1.37 bits per heavy atom. The van der Waals surface area contributed by atoms with Gasteiger partial charge in [0.2, 0.25) is 0 Å². The summed E-state index contributed by atoms with van der Waals surface area (Å²) in [7, 11) is 0. The van der Waals surface area contributed by atoms with Crippen LogP contribution in [0.5, 0.6) is 0 Å². The van der Waals surface area contributed by atoms with Crippen molar-refractivity contribution < 1.29 is 0 Å². The van der Waals surface area contributed by atoms with Crippen LogP contribution in [-0.4, -0.2) is 6.71 Å². The average Bonchev–Trinajstić information content (AvgIpc) is 3.40. The zero-order valence-electron chi connectivity index (χ0n) is 38.1. The Kier molecular flexibility index (Phi) is 9.33. The van der Waals surface area contributed by atoms with Gasteiger partial charge in [0, 0.05) is 39.5 Å². The van der Waals surface area contributed by atoms with Gasteiger partial charge in [-0.05, 0) is 137 Å².